The Hall–Kier alpha value is -1.50. The smallest absolute Gasteiger partial charge is 0.138 e. The van der Waals surface area contributed by atoms with Gasteiger partial charge in [-0.2, -0.15) is 0 Å². The van der Waals surface area contributed by atoms with Crippen molar-refractivity contribution in [1.29, 1.82) is 0 Å². The molecule has 126 valence electrons. The number of hydrogen-bond acceptors (Lipinski definition) is 6. The highest BCUT2D eigenvalue weighted by Crippen LogP contribution is 2.34. The topological polar surface area (TPSA) is 41.1 Å². The van der Waals surface area contributed by atoms with E-state index in [1.54, 1.807) is 17.7 Å². The molecule has 4 rings (SSSR count). The van der Waals surface area contributed by atoms with Gasteiger partial charge < -0.3 is 5.32 Å². The summed E-state index contributed by atoms with van der Waals surface area (Å²) in [6, 6.07) is 4.83. The zero-order valence-electron chi connectivity index (χ0n) is 14.1. The molecule has 1 N–H and O–H groups in total. The molecule has 0 unspecified atom stereocenters. The van der Waals surface area contributed by atoms with Crippen LogP contribution in [0.3, 0.4) is 0 Å². The zero-order chi connectivity index (χ0) is 16.5. The Labute approximate surface area is 150 Å². The summed E-state index contributed by atoms with van der Waals surface area (Å²) in [6.45, 7) is 7.60. The molecular formula is C18H22N4S2. The highest BCUT2D eigenvalue weighted by molar-refractivity contribution is 7.18. The van der Waals surface area contributed by atoms with Gasteiger partial charge in [0.15, 0.2) is 0 Å². The van der Waals surface area contributed by atoms with Crippen molar-refractivity contribution in [3.05, 3.63) is 39.2 Å². The number of thiophene rings is 2. The second kappa shape index (κ2) is 6.78. The van der Waals surface area contributed by atoms with Crippen LogP contribution in [-0.2, 0) is 0 Å². The summed E-state index contributed by atoms with van der Waals surface area (Å²) >= 11 is 3.60. The Bertz CT molecular complexity index is 819. The van der Waals surface area contributed by atoms with E-state index in [0.717, 1.165) is 17.2 Å². The minimum absolute atomic E-state index is 0.428. The summed E-state index contributed by atoms with van der Waals surface area (Å²) in [5, 5.41) is 6.99. The minimum atomic E-state index is 0.428. The second-order valence-corrected chi connectivity index (χ2v) is 8.52. The molecule has 1 atom stereocenters. The number of nitrogens with zero attached hydrogens (tertiary/aromatic N) is 3. The molecule has 4 nitrogen and oxygen atoms in total. The van der Waals surface area contributed by atoms with E-state index in [1.165, 1.54) is 46.6 Å². The lowest BCUT2D eigenvalue weighted by Gasteiger charge is -2.27. The first kappa shape index (κ1) is 16.0. The van der Waals surface area contributed by atoms with Crippen molar-refractivity contribution in [2.45, 2.75) is 32.7 Å². The SMILES string of the molecule is Cc1sc2ncnc(NC[C@@H](c3cccs3)N3CCCC3)c2c1C. The average Bonchev–Trinajstić information content (AvgIpc) is 3.32. The Kier molecular flexibility index (Phi) is 4.52. The van der Waals surface area contributed by atoms with Crippen LogP contribution in [0.2, 0.25) is 0 Å². The number of aryl methyl sites for hydroxylation is 2. The first-order chi connectivity index (χ1) is 11.7. The van der Waals surface area contributed by atoms with Gasteiger partial charge in [-0.3, -0.25) is 4.90 Å². The molecule has 0 amide bonds. The van der Waals surface area contributed by atoms with E-state index in [2.05, 4.69) is 51.5 Å². The van der Waals surface area contributed by atoms with Crippen LogP contribution in [0.25, 0.3) is 10.2 Å². The predicted molar refractivity (Wildman–Crippen MR) is 103 cm³/mol. The highest BCUT2D eigenvalue weighted by Gasteiger charge is 2.24. The molecular weight excluding hydrogens is 336 g/mol. The van der Waals surface area contributed by atoms with Crippen LogP contribution >= 0.6 is 22.7 Å². The van der Waals surface area contributed by atoms with Crippen LogP contribution in [0.15, 0.2) is 23.8 Å². The van der Waals surface area contributed by atoms with Crippen LogP contribution in [0.5, 0.6) is 0 Å². The number of aromatic nitrogens is 2. The van der Waals surface area contributed by atoms with Gasteiger partial charge in [0.05, 0.1) is 11.4 Å². The van der Waals surface area contributed by atoms with Gasteiger partial charge in [0.25, 0.3) is 0 Å². The maximum absolute atomic E-state index is 4.53. The van der Waals surface area contributed by atoms with Crippen molar-refractivity contribution in [2.75, 3.05) is 25.0 Å². The largest absolute Gasteiger partial charge is 0.367 e. The molecule has 3 aromatic rings. The second-order valence-electron chi connectivity index (χ2n) is 6.34. The molecule has 4 heterocycles. The van der Waals surface area contributed by atoms with Gasteiger partial charge >= 0.3 is 0 Å². The molecule has 1 aliphatic heterocycles. The molecule has 0 spiro atoms. The molecule has 0 saturated carbocycles. The van der Waals surface area contributed by atoms with E-state index in [4.69, 9.17) is 0 Å². The lowest BCUT2D eigenvalue weighted by molar-refractivity contribution is 0.259. The number of fused-ring (bicyclic) bond motifs is 1. The van der Waals surface area contributed by atoms with Crippen LogP contribution in [0.1, 0.15) is 34.2 Å². The summed E-state index contributed by atoms with van der Waals surface area (Å²) in [7, 11) is 0. The maximum atomic E-state index is 4.53. The Balaban J connectivity index is 1.60. The number of likely N-dealkylation sites (tertiary alicyclic amines) is 1. The van der Waals surface area contributed by atoms with Gasteiger partial charge in [0.1, 0.15) is 17.0 Å². The van der Waals surface area contributed by atoms with E-state index in [0.29, 0.717) is 6.04 Å². The maximum Gasteiger partial charge on any atom is 0.138 e. The molecule has 0 radical (unpaired) electrons. The minimum Gasteiger partial charge on any atom is -0.367 e. The first-order valence-electron chi connectivity index (χ1n) is 8.46. The van der Waals surface area contributed by atoms with E-state index >= 15 is 0 Å². The standard InChI is InChI=1S/C18H22N4S2/c1-12-13(2)24-18-16(12)17(20-11-21-18)19-10-14(15-6-5-9-23-15)22-7-3-4-8-22/h5-6,9,11,14H,3-4,7-8,10H2,1-2H3,(H,19,20,21)/t14-/m0/s1. The predicted octanol–water partition coefficient (Wildman–Crippen LogP) is 4.62. The third-order valence-electron chi connectivity index (χ3n) is 4.88. The Morgan fingerprint density at radius 1 is 1.25 bits per heavy atom. The number of anilines is 1. The van der Waals surface area contributed by atoms with E-state index in [-0.39, 0.29) is 0 Å². The fourth-order valence-corrected chi connectivity index (χ4v) is 5.31. The van der Waals surface area contributed by atoms with Crippen molar-refractivity contribution in [1.82, 2.24) is 14.9 Å². The van der Waals surface area contributed by atoms with E-state index < -0.39 is 0 Å². The molecule has 6 heteroatoms. The summed E-state index contributed by atoms with van der Waals surface area (Å²) < 4.78 is 0. The van der Waals surface area contributed by atoms with Crippen molar-refractivity contribution >= 4 is 38.7 Å². The average molecular weight is 359 g/mol. The molecule has 1 fully saturated rings. The van der Waals surface area contributed by atoms with Crippen LogP contribution in [0.4, 0.5) is 5.82 Å². The van der Waals surface area contributed by atoms with Crippen molar-refractivity contribution in [3.8, 4) is 0 Å². The lowest BCUT2D eigenvalue weighted by Crippen LogP contribution is -2.30. The third kappa shape index (κ3) is 2.94. The monoisotopic (exact) mass is 358 g/mol. The highest BCUT2D eigenvalue weighted by atomic mass is 32.1. The summed E-state index contributed by atoms with van der Waals surface area (Å²) in [6.07, 6.45) is 4.29. The third-order valence-corrected chi connectivity index (χ3v) is 6.97. The molecule has 0 bridgehead atoms. The molecule has 0 aromatic carbocycles. The van der Waals surface area contributed by atoms with Crippen molar-refractivity contribution in [3.63, 3.8) is 0 Å². The summed E-state index contributed by atoms with van der Waals surface area (Å²) in [5.74, 6) is 0.975. The molecule has 1 aliphatic rings. The van der Waals surface area contributed by atoms with Crippen molar-refractivity contribution < 1.29 is 0 Å². The van der Waals surface area contributed by atoms with Gasteiger partial charge in [0.2, 0.25) is 0 Å². The van der Waals surface area contributed by atoms with Gasteiger partial charge in [-0.15, -0.1) is 22.7 Å². The molecule has 1 saturated heterocycles. The first-order valence-corrected chi connectivity index (χ1v) is 10.2. The number of hydrogen-bond donors (Lipinski definition) is 1. The number of rotatable bonds is 5. The van der Waals surface area contributed by atoms with Gasteiger partial charge in [-0.25, -0.2) is 9.97 Å². The van der Waals surface area contributed by atoms with Crippen molar-refractivity contribution in [2.24, 2.45) is 0 Å². The number of nitrogens with one attached hydrogen (secondary N) is 1. The fraction of sp³-hybridized carbons (Fsp3) is 0.444. The molecule has 24 heavy (non-hydrogen) atoms. The zero-order valence-corrected chi connectivity index (χ0v) is 15.7. The lowest BCUT2D eigenvalue weighted by atomic mass is 10.2. The fourth-order valence-electron chi connectivity index (χ4n) is 3.45. The van der Waals surface area contributed by atoms with Gasteiger partial charge in [0, 0.05) is 16.3 Å². The molecule has 0 aliphatic carbocycles. The quantitative estimate of drug-likeness (QED) is 0.722. The van der Waals surface area contributed by atoms with Crippen LogP contribution < -0.4 is 5.32 Å². The van der Waals surface area contributed by atoms with Crippen LogP contribution in [-0.4, -0.2) is 34.5 Å². The van der Waals surface area contributed by atoms with Gasteiger partial charge in [-0.1, -0.05) is 6.07 Å². The Morgan fingerprint density at radius 3 is 2.83 bits per heavy atom. The normalized spacial score (nSPS) is 16.8. The Morgan fingerprint density at radius 2 is 2.08 bits per heavy atom. The summed E-state index contributed by atoms with van der Waals surface area (Å²) in [4.78, 5) is 15.4. The van der Waals surface area contributed by atoms with E-state index in [9.17, 15) is 0 Å². The van der Waals surface area contributed by atoms with E-state index in [1.807, 2.05) is 11.3 Å². The van der Waals surface area contributed by atoms with Gasteiger partial charge in [-0.05, 0) is 56.8 Å². The molecule has 3 aromatic heterocycles. The van der Waals surface area contributed by atoms with Crippen LogP contribution in [0, 0.1) is 13.8 Å². The summed E-state index contributed by atoms with van der Waals surface area (Å²) in [5.41, 5.74) is 1.30.